The van der Waals surface area contributed by atoms with Gasteiger partial charge < -0.3 is 15.1 Å². The van der Waals surface area contributed by atoms with Gasteiger partial charge in [-0.25, -0.2) is 0 Å². The lowest BCUT2D eigenvalue weighted by Crippen LogP contribution is -2.38. The predicted molar refractivity (Wildman–Crippen MR) is 102 cm³/mol. The Hall–Kier alpha value is -2.28. The number of para-hydroxylation sites is 1. The number of hydrogen-bond donors (Lipinski definition) is 1. The van der Waals surface area contributed by atoms with E-state index in [-0.39, 0.29) is 0 Å². The standard InChI is InChI=1S/C19H20F3N3S/c1-24(16-8-3-2-4-9-16)17-10-11-25(13-17)18(26)23-15-7-5-6-14(12-15)19(20,21)22/h2-9,12,17H,10-11,13H2,1H3,(H,23,26). The SMILES string of the molecule is CN(c1ccccc1)C1CCN(C(=S)Nc2cccc(C(F)(F)F)c2)C1. The Morgan fingerprint density at radius 1 is 1.15 bits per heavy atom. The van der Waals surface area contributed by atoms with Crippen LogP contribution in [0.5, 0.6) is 0 Å². The second-order valence-corrected chi connectivity index (χ2v) is 6.73. The maximum Gasteiger partial charge on any atom is 0.416 e. The molecule has 0 bridgehead atoms. The van der Waals surface area contributed by atoms with E-state index in [4.69, 9.17) is 12.2 Å². The van der Waals surface area contributed by atoms with Crippen LogP contribution in [0.15, 0.2) is 54.6 Å². The quantitative estimate of drug-likeness (QED) is 0.785. The van der Waals surface area contributed by atoms with Gasteiger partial charge in [0.05, 0.1) is 5.56 Å². The molecule has 0 radical (unpaired) electrons. The summed E-state index contributed by atoms with van der Waals surface area (Å²) in [5, 5.41) is 3.39. The first-order valence-corrected chi connectivity index (χ1v) is 8.76. The van der Waals surface area contributed by atoms with Crippen LogP contribution in [-0.2, 0) is 6.18 Å². The Morgan fingerprint density at radius 2 is 1.88 bits per heavy atom. The summed E-state index contributed by atoms with van der Waals surface area (Å²) in [4.78, 5) is 4.21. The van der Waals surface area contributed by atoms with Crippen LogP contribution in [0.2, 0.25) is 0 Å². The lowest BCUT2D eigenvalue weighted by atomic mass is 10.2. The highest BCUT2D eigenvalue weighted by Gasteiger charge is 2.31. The zero-order chi connectivity index (χ0) is 18.7. The highest BCUT2D eigenvalue weighted by atomic mass is 32.1. The van der Waals surface area contributed by atoms with Crippen molar-refractivity contribution in [1.29, 1.82) is 0 Å². The van der Waals surface area contributed by atoms with Gasteiger partial charge in [0.2, 0.25) is 0 Å². The summed E-state index contributed by atoms with van der Waals surface area (Å²) in [6.07, 6.45) is -3.42. The summed E-state index contributed by atoms with van der Waals surface area (Å²) in [6.45, 7) is 1.50. The fourth-order valence-corrected chi connectivity index (χ4v) is 3.38. The van der Waals surface area contributed by atoms with Crippen LogP contribution in [0.4, 0.5) is 24.5 Å². The average Bonchev–Trinajstić information content (AvgIpc) is 3.11. The van der Waals surface area contributed by atoms with E-state index in [1.807, 2.05) is 30.1 Å². The summed E-state index contributed by atoms with van der Waals surface area (Å²) in [5.41, 5.74) is 0.800. The van der Waals surface area contributed by atoms with Crippen molar-refractivity contribution in [1.82, 2.24) is 4.90 Å². The van der Waals surface area contributed by atoms with Gasteiger partial charge in [-0.2, -0.15) is 13.2 Å². The molecule has 1 saturated heterocycles. The molecule has 0 aromatic heterocycles. The number of nitrogens with one attached hydrogen (secondary N) is 1. The third kappa shape index (κ3) is 4.27. The number of benzene rings is 2. The smallest absolute Gasteiger partial charge is 0.370 e. The zero-order valence-electron chi connectivity index (χ0n) is 14.3. The van der Waals surface area contributed by atoms with E-state index in [1.165, 1.54) is 6.07 Å². The minimum absolute atomic E-state index is 0.304. The minimum Gasteiger partial charge on any atom is -0.370 e. The first kappa shape index (κ1) is 18.5. The second-order valence-electron chi connectivity index (χ2n) is 6.34. The van der Waals surface area contributed by atoms with E-state index in [2.05, 4.69) is 22.3 Å². The molecule has 0 aliphatic carbocycles. The van der Waals surface area contributed by atoms with Crippen molar-refractivity contribution in [3.63, 3.8) is 0 Å². The van der Waals surface area contributed by atoms with Crippen molar-refractivity contribution >= 4 is 28.7 Å². The molecule has 0 saturated carbocycles. The van der Waals surface area contributed by atoms with Gasteiger partial charge in [-0.15, -0.1) is 0 Å². The van der Waals surface area contributed by atoms with Gasteiger partial charge in [0.15, 0.2) is 5.11 Å². The Kier molecular flexibility index (Phi) is 5.36. The van der Waals surface area contributed by atoms with E-state index in [0.29, 0.717) is 16.8 Å². The molecule has 1 N–H and O–H groups in total. The first-order valence-electron chi connectivity index (χ1n) is 8.35. The molecule has 1 aliphatic heterocycles. The predicted octanol–water partition coefficient (Wildman–Crippen LogP) is 4.61. The number of thiocarbonyl (C=S) groups is 1. The van der Waals surface area contributed by atoms with Crippen LogP contribution in [0, 0.1) is 0 Å². The molecule has 138 valence electrons. The Morgan fingerprint density at radius 3 is 2.58 bits per heavy atom. The maximum atomic E-state index is 12.8. The van der Waals surface area contributed by atoms with Crippen LogP contribution >= 0.6 is 12.2 Å². The van der Waals surface area contributed by atoms with Crippen LogP contribution in [0.25, 0.3) is 0 Å². The van der Waals surface area contributed by atoms with Gasteiger partial charge in [0.25, 0.3) is 0 Å². The molecule has 3 rings (SSSR count). The number of likely N-dealkylation sites (tertiary alicyclic amines) is 1. The number of rotatable bonds is 3. The number of likely N-dealkylation sites (N-methyl/N-ethyl adjacent to an activating group) is 1. The molecule has 2 aromatic rings. The summed E-state index contributed by atoms with van der Waals surface area (Å²) in [7, 11) is 2.05. The van der Waals surface area contributed by atoms with Crippen LogP contribution in [0.1, 0.15) is 12.0 Å². The summed E-state index contributed by atoms with van der Waals surface area (Å²) in [6, 6.07) is 15.5. The highest BCUT2D eigenvalue weighted by molar-refractivity contribution is 7.80. The minimum atomic E-state index is -4.36. The number of anilines is 2. The van der Waals surface area contributed by atoms with Gasteiger partial charge in [-0.1, -0.05) is 24.3 Å². The molecular formula is C19H20F3N3S. The van der Waals surface area contributed by atoms with Gasteiger partial charge in [0.1, 0.15) is 0 Å². The van der Waals surface area contributed by atoms with Gasteiger partial charge >= 0.3 is 6.18 Å². The van der Waals surface area contributed by atoms with E-state index in [1.54, 1.807) is 6.07 Å². The molecule has 1 fully saturated rings. The van der Waals surface area contributed by atoms with Gasteiger partial charge in [-0.05, 0) is 49.0 Å². The average molecular weight is 379 g/mol. The molecule has 2 aromatic carbocycles. The van der Waals surface area contributed by atoms with Gasteiger partial charge in [0, 0.05) is 37.6 Å². The molecule has 3 nitrogen and oxygen atoms in total. The summed E-state index contributed by atoms with van der Waals surface area (Å²) < 4.78 is 38.5. The Balaban J connectivity index is 1.62. The van der Waals surface area contributed by atoms with E-state index >= 15 is 0 Å². The van der Waals surface area contributed by atoms with Crippen molar-refractivity contribution in [2.45, 2.75) is 18.6 Å². The van der Waals surface area contributed by atoms with Gasteiger partial charge in [-0.3, -0.25) is 0 Å². The highest BCUT2D eigenvalue weighted by Crippen LogP contribution is 2.31. The molecule has 1 heterocycles. The fourth-order valence-electron chi connectivity index (χ4n) is 3.09. The van der Waals surface area contributed by atoms with E-state index in [9.17, 15) is 13.2 Å². The van der Waals surface area contributed by atoms with Crippen molar-refractivity contribution in [2.75, 3.05) is 30.4 Å². The molecule has 1 unspecified atom stereocenters. The number of alkyl halides is 3. The van der Waals surface area contributed by atoms with E-state index < -0.39 is 11.7 Å². The fraction of sp³-hybridized carbons (Fsp3) is 0.316. The zero-order valence-corrected chi connectivity index (χ0v) is 15.1. The number of halogens is 3. The molecule has 7 heteroatoms. The molecule has 0 amide bonds. The number of nitrogens with zero attached hydrogens (tertiary/aromatic N) is 2. The van der Waals surface area contributed by atoms with Crippen LogP contribution in [-0.4, -0.2) is 36.2 Å². The van der Waals surface area contributed by atoms with Crippen molar-refractivity contribution in [3.8, 4) is 0 Å². The second kappa shape index (κ2) is 7.53. The third-order valence-electron chi connectivity index (χ3n) is 4.60. The largest absolute Gasteiger partial charge is 0.416 e. The monoisotopic (exact) mass is 379 g/mol. The van der Waals surface area contributed by atoms with Crippen LogP contribution in [0.3, 0.4) is 0 Å². The van der Waals surface area contributed by atoms with Crippen molar-refractivity contribution < 1.29 is 13.2 Å². The number of hydrogen-bond acceptors (Lipinski definition) is 2. The van der Waals surface area contributed by atoms with E-state index in [0.717, 1.165) is 37.3 Å². The molecular weight excluding hydrogens is 359 g/mol. The topological polar surface area (TPSA) is 18.5 Å². The first-order chi connectivity index (χ1) is 12.3. The molecule has 26 heavy (non-hydrogen) atoms. The molecule has 1 aliphatic rings. The normalized spacial score (nSPS) is 17.2. The lowest BCUT2D eigenvalue weighted by Gasteiger charge is -2.27. The van der Waals surface area contributed by atoms with Crippen molar-refractivity contribution in [2.24, 2.45) is 0 Å². The molecule has 1 atom stereocenters. The Bertz CT molecular complexity index is 764. The third-order valence-corrected chi connectivity index (χ3v) is 4.96. The summed E-state index contributed by atoms with van der Waals surface area (Å²) >= 11 is 5.40. The lowest BCUT2D eigenvalue weighted by molar-refractivity contribution is -0.137. The maximum absolute atomic E-state index is 12.8. The molecule has 0 spiro atoms. The Labute approximate surface area is 156 Å². The summed E-state index contributed by atoms with van der Waals surface area (Å²) in [5.74, 6) is 0. The van der Waals surface area contributed by atoms with Crippen molar-refractivity contribution in [3.05, 3.63) is 60.2 Å². The van der Waals surface area contributed by atoms with Crippen LogP contribution < -0.4 is 10.2 Å².